The van der Waals surface area contributed by atoms with Gasteiger partial charge in [-0.15, -0.1) is 0 Å². The molecule has 0 aliphatic carbocycles. The van der Waals surface area contributed by atoms with Crippen LogP contribution in [0.1, 0.15) is 6.92 Å². The molecule has 0 radical (unpaired) electrons. The number of anilines is 2. The van der Waals surface area contributed by atoms with Crippen LogP contribution in [-0.4, -0.2) is 41.1 Å². The molecule has 0 atom stereocenters. The topological polar surface area (TPSA) is 53.9 Å². The van der Waals surface area contributed by atoms with E-state index in [1.807, 2.05) is 0 Å². The quantitative estimate of drug-likeness (QED) is 0.751. The third kappa shape index (κ3) is 4.03. The zero-order chi connectivity index (χ0) is 19.6. The van der Waals surface area contributed by atoms with E-state index in [2.05, 4.69) is 16.5 Å². The Morgan fingerprint density at radius 3 is 2.37 bits per heavy atom. The Labute approximate surface area is 156 Å². The van der Waals surface area contributed by atoms with Crippen LogP contribution < -0.4 is 14.5 Å². The van der Waals surface area contributed by atoms with Crippen molar-refractivity contribution in [3.8, 4) is 0 Å². The third-order valence-corrected chi connectivity index (χ3v) is 6.13. The highest BCUT2D eigenvalue weighted by Gasteiger charge is 2.26. The fourth-order valence-electron chi connectivity index (χ4n) is 3.17. The normalized spacial score (nSPS) is 15.8. The maximum atomic E-state index is 14.0. The molecule has 2 aromatic rings. The summed E-state index contributed by atoms with van der Waals surface area (Å²) in [7, 11) is -4.42. The van der Waals surface area contributed by atoms with Gasteiger partial charge in [-0.2, -0.15) is 0 Å². The Hall–Kier alpha value is -2.26. The van der Waals surface area contributed by atoms with E-state index in [4.69, 9.17) is 0 Å². The summed E-state index contributed by atoms with van der Waals surface area (Å²) in [5.74, 6) is -4.99. The van der Waals surface area contributed by atoms with Gasteiger partial charge in [-0.25, -0.2) is 21.6 Å². The molecule has 2 aromatic carbocycles. The van der Waals surface area contributed by atoms with E-state index in [-0.39, 0.29) is 5.69 Å². The maximum Gasteiger partial charge on any atom is 0.265 e. The zero-order valence-corrected chi connectivity index (χ0v) is 15.6. The Morgan fingerprint density at radius 2 is 1.70 bits per heavy atom. The number of hydrogen-bond donors (Lipinski definition) is 2. The standard InChI is InChI=1S/C18H20F3N3O2S/c1-2-23-9-11-24(12-10-23)15-6-4-3-5-14(15)22-27(25,26)16-8-7-13(19)17(20)18(16)21/h3-8,22H,2,9-12H2,1H3/p+1. The molecule has 5 nitrogen and oxygen atoms in total. The van der Waals surface area contributed by atoms with Crippen LogP contribution in [0.4, 0.5) is 24.5 Å². The molecule has 0 aromatic heterocycles. The van der Waals surface area contributed by atoms with Crippen LogP contribution >= 0.6 is 0 Å². The lowest BCUT2D eigenvalue weighted by atomic mass is 10.2. The number of piperazine rings is 1. The van der Waals surface area contributed by atoms with Crippen LogP contribution in [0.5, 0.6) is 0 Å². The summed E-state index contributed by atoms with van der Waals surface area (Å²) in [5.41, 5.74) is 0.931. The fraction of sp³-hybridized carbons (Fsp3) is 0.333. The summed E-state index contributed by atoms with van der Waals surface area (Å²) in [6.07, 6.45) is 0. The highest BCUT2D eigenvalue weighted by Crippen LogP contribution is 2.29. The lowest BCUT2D eigenvalue weighted by Crippen LogP contribution is -3.14. The molecule has 146 valence electrons. The van der Waals surface area contributed by atoms with E-state index < -0.39 is 32.4 Å². The molecule has 9 heteroatoms. The Kier molecular flexibility index (Phi) is 5.61. The van der Waals surface area contributed by atoms with Crippen molar-refractivity contribution in [2.45, 2.75) is 11.8 Å². The van der Waals surface area contributed by atoms with E-state index >= 15 is 0 Å². The molecule has 27 heavy (non-hydrogen) atoms. The first-order valence-corrected chi connectivity index (χ1v) is 10.2. The third-order valence-electron chi connectivity index (χ3n) is 4.75. The van der Waals surface area contributed by atoms with Gasteiger partial charge in [0, 0.05) is 0 Å². The molecule has 1 aliphatic heterocycles. The number of nitrogens with zero attached hydrogens (tertiary/aromatic N) is 1. The van der Waals surface area contributed by atoms with Gasteiger partial charge in [0.2, 0.25) is 0 Å². The minimum absolute atomic E-state index is 0.265. The number of nitrogens with one attached hydrogen (secondary N) is 2. The predicted molar refractivity (Wildman–Crippen MR) is 97.0 cm³/mol. The highest BCUT2D eigenvalue weighted by atomic mass is 32.2. The summed E-state index contributed by atoms with van der Waals surface area (Å²) in [6.45, 7) is 6.49. The molecule has 0 saturated carbocycles. The number of para-hydroxylation sites is 2. The van der Waals surface area contributed by atoms with Crippen molar-refractivity contribution in [3.05, 3.63) is 53.8 Å². The van der Waals surface area contributed by atoms with Gasteiger partial charge >= 0.3 is 0 Å². The monoisotopic (exact) mass is 400 g/mol. The molecule has 3 rings (SSSR count). The molecule has 1 saturated heterocycles. The first-order chi connectivity index (χ1) is 12.8. The van der Waals surface area contributed by atoms with Crippen molar-refractivity contribution in [1.82, 2.24) is 0 Å². The molecule has 1 heterocycles. The first kappa shape index (κ1) is 19.5. The van der Waals surface area contributed by atoms with Crippen LogP contribution in [0.15, 0.2) is 41.3 Å². The van der Waals surface area contributed by atoms with E-state index in [0.717, 1.165) is 32.7 Å². The van der Waals surface area contributed by atoms with Gasteiger partial charge in [-0.05, 0) is 31.2 Å². The maximum absolute atomic E-state index is 14.0. The summed E-state index contributed by atoms with van der Waals surface area (Å²) in [6, 6.07) is 8.06. The van der Waals surface area contributed by atoms with Crippen LogP contribution in [0.25, 0.3) is 0 Å². The second-order valence-electron chi connectivity index (χ2n) is 6.39. The lowest BCUT2D eigenvalue weighted by Gasteiger charge is -2.34. The van der Waals surface area contributed by atoms with Crippen molar-refractivity contribution < 1.29 is 26.5 Å². The van der Waals surface area contributed by atoms with Crippen LogP contribution in [0, 0.1) is 17.5 Å². The molecule has 0 amide bonds. The average Bonchev–Trinajstić information content (AvgIpc) is 2.66. The summed E-state index contributed by atoms with van der Waals surface area (Å²) in [5, 5.41) is 0. The van der Waals surface area contributed by atoms with Crippen LogP contribution in [0.3, 0.4) is 0 Å². The highest BCUT2D eigenvalue weighted by molar-refractivity contribution is 7.92. The van der Waals surface area contributed by atoms with Gasteiger partial charge in [0.15, 0.2) is 17.5 Å². The van der Waals surface area contributed by atoms with E-state index in [9.17, 15) is 21.6 Å². The van der Waals surface area contributed by atoms with Crippen molar-refractivity contribution >= 4 is 21.4 Å². The van der Waals surface area contributed by atoms with Crippen molar-refractivity contribution in [2.75, 3.05) is 42.3 Å². The number of likely N-dealkylation sites (N-methyl/N-ethyl adjacent to an activating group) is 1. The molecule has 1 fully saturated rings. The molecular weight excluding hydrogens is 379 g/mol. The number of rotatable bonds is 5. The second-order valence-corrected chi connectivity index (χ2v) is 8.04. The van der Waals surface area contributed by atoms with E-state index in [1.165, 1.54) is 4.90 Å². The van der Waals surface area contributed by atoms with E-state index in [0.29, 0.717) is 17.8 Å². The predicted octanol–water partition coefficient (Wildman–Crippen LogP) is 1.63. The summed E-state index contributed by atoms with van der Waals surface area (Å²) in [4.78, 5) is 2.59. The second kappa shape index (κ2) is 7.77. The smallest absolute Gasteiger partial charge is 0.265 e. The number of sulfonamides is 1. The first-order valence-electron chi connectivity index (χ1n) is 8.67. The minimum atomic E-state index is -4.42. The number of benzene rings is 2. The van der Waals surface area contributed by atoms with Crippen LogP contribution in [0.2, 0.25) is 0 Å². The Bertz CT molecular complexity index is 929. The lowest BCUT2D eigenvalue weighted by molar-refractivity contribution is -0.898. The Morgan fingerprint density at radius 1 is 1.04 bits per heavy atom. The average molecular weight is 400 g/mol. The minimum Gasteiger partial charge on any atom is -0.359 e. The number of quaternary nitrogens is 1. The fourth-order valence-corrected chi connectivity index (χ4v) is 4.31. The molecule has 0 unspecified atom stereocenters. The Balaban J connectivity index is 1.89. The van der Waals surface area contributed by atoms with Gasteiger partial charge in [0.25, 0.3) is 10.0 Å². The molecule has 1 aliphatic rings. The molecule has 0 bridgehead atoms. The zero-order valence-electron chi connectivity index (χ0n) is 14.8. The van der Waals surface area contributed by atoms with Gasteiger partial charge in [-0.1, -0.05) is 12.1 Å². The number of hydrogen-bond acceptors (Lipinski definition) is 3. The van der Waals surface area contributed by atoms with Gasteiger partial charge in [0.05, 0.1) is 44.1 Å². The van der Waals surface area contributed by atoms with E-state index in [1.54, 1.807) is 24.3 Å². The van der Waals surface area contributed by atoms with Crippen LogP contribution in [-0.2, 0) is 10.0 Å². The summed E-state index contributed by atoms with van der Waals surface area (Å²) < 4.78 is 67.9. The van der Waals surface area contributed by atoms with Crippen molar-refractivity contribution in [3.63, 3.8) is 0 Å². The SMILES string of the molecule is CC[NH+]1CCN(c2ccccc2NS(=O)(=O)c2ccc(F)c(F)c2F)CC1. The molecule has 2 N–H and O–H groups in total. The van der Waals surface area contributed by atoms with Gasteiger partial charge < -0.3 is 9.80 Å². The van der Waals surface area contributed by atoms with Crippen molar-refractivity contribution in [1.29, 1.82) is 0 Å². The number of halogens is 3. The van der Waals surface area contributed by atoms with Gasteiger partial charge in [0.1, 0.15) is 4.90 Å². The van der Waals surface area contributed by atoms with Crippen molar-refractivity contribution in [2.24, 2.45) is 0 Å². The van der Waals surface area contributed by atoms with Gasteiger partial charge in [-0.3, -0.25) is 4.72 Å². The molecule has 0 spiro atoms. The summed E-state index contributed by atoms with van der Waals surface area (Å²) >= 11 is 0. The molecular formula is C18H21F3N3O2S+. The largest absolute Gasteiger partial charge is 0.359 e.